The summed E-state index contributed by atoms with van der Waals surface area (Å²) in [5.74, 6) is 1.47. The van der Waals surface area contributed by atoms with Crippen LogP contribution in [0.15, 0.2) is 54.9 Å². The Hall–Kier alpha value is -3.74. The number of ketones is 1. The summed E-state index contributed by atoms with van der Waals surface area (Å²) in [6, 6.07) is 13.7. The van der Waals surface area contributed by atoms with Gasteiger partial charge in [-0.25, -0.2) is 4.98 Å². The van der Waals surface area contributed by atoms with E-state index in [9.17, 15) is 4.79 Å². The van der Waals surface area contributed by atoms with Gasteiger partial charge in [0.1, 0.15) is 5.82 Å². The number of H-pyrrole nitrogens is 1. The molecule has 0 radical (unpaired) electrons. The molecule has 0 atom stereocenters. The number of aromatic amines is 1. The number of carbonyl (C=O) groups is 1. The van der Waals surface area contributed by atoms with E-state index in [0.29, 0.717) is 12.5 Å². The Balaban J connectivity index is 1.37. The molecule has 2 aromatic carbocycles. The summed E-state index contributed by atoms with van der Waals surface area (Å²) in [6.45, 7) is 3.02. The maximum absolute atomic E-state index is 11.6. The number of nitrogens with one attached hydrogen (secondary N) is 2. The van der Waals surface area contributed by atoms with Crippen molar-refractivity contribution in [1.82, 2.24) is 20.2 Å². The molecule has 0 saturated carbocycles. The van der Waals surface area contributed by atoms with Crippen molar-refractivity contribution < 1.29 is 4.79 Å². The molecule has 0 saturated heterocycles. The molecule has 0 bridgehead atoms. The molecular weight excluding hydrogens is 352 g/mol. The van der Waals surface area contributed by atoms with Gasteiger partial charge in [-0.15, -0.1) is 0 Å². The first kappa shape index (κ1) is 16.4. The van der Waals surface area contributed by atoms with Gasteiger partial charge in [-0.05, 0) is 48.4 Å². The van der Waals surface area contributed by atoms with E-state index in [-0.39, 0.29) is 5.78 Å². The topological polar surface area (TPSA) is 86.8 Å². The van der Waals surface area contributed by atoms with Crippen LogP contribution in [0.2, 0.25) is 0 Å². The van der Waals surface area contributed by atoms with E-state index in [1.54, 1.807) is 19.3 Å². The van der Waals surface area contributed by atoms with Gasteiger partial charge in [0.05, 0.1) is 11.7 Å². The minimum Gasteiger partial charge on any atom is -0.340 e. The Morgan fingerprint density at radius 1 is 1.11 bits per heavy atom. The Kier molecular flexibility index (Phi) is 3.79. The SMILES string of the molecule is CC(=O)c1ccc2c(c1)CN(c1nccc(Nc3ccc4[nH]ncc4c3)n1)C2. The summed E-state index contributed by atoms with van der Waals surface area (Å²) >= 11 is 0. The number of anilines is 3. The molecule has 2 N–H and O–H groups in total. The van der Waals surface area contributed by atoms with Gasteiger partial charge >= 0.3 is 0 Å². The van der Waals surface area contributed by atoms with Crippen LogP contribution in [0.25, 0.3) is 10.9 Å². The van der Waals surface area contributed by atoms with Crippen molar-refractivity contribution >= 4 is 34.1 Å². The number of hydrogen-bond donors (Lipinski definition) is 2. The maximum Gasteiger partial charge on any atom is 0.227 e. The highest BCUT2D eigenvalue weighted by molar-refractivity contribution is 5.94. The van der Waals surface area contributed by atoms with Crippen LogP contribution in [-0.2, 0) is 13.1 Å². The summed E-state index contributed by atoms with van der Waals surface area (Å²) in [6.07, 6.45) is 3.55. The molecule has 0 spiro atoms. The number of nitrogens with zero attached hydrogens (tertiary/aromatic N) is 4. The summed E-state index contributed by atoms with van der Waals surface area (Å²) in [5, 5.41) is 11.4. The van der Waals surface area contributed by atoms with E-state index in [2.05, 4.69) is 30.4 Å². The number of aromatic nitrogens is 4. The second kappa shape index (κ2) is 6.45. The second-order valence-electron chi connectivity index (χ2n) is 6.93. The lowest BCUT2D eigenvalue weighted by Gasteiger charge is -2.16. The van der Waals surface area contributed by atoms with Gasteiger partial charge in [0.2, 0.25) is 5.95 Å². The van der Waals surface area contributed by atoms with E-state index in [4.69, 9.17) is 0 Å². The zero-order valence-electron chi connectivity index (χ0n) is 15.3. The molecule has 1 aliphatic rings. The average molecular weight is 370 g/mol. The number of fused-ring (bicyclic) bond motifs is 2. The molecule has 0 unspecified atom stereocenters. The third kappa shape index (κ3) is 2.96. The molecule has 5 rings (SSSR count). The number of Topliss-reactive ketones (excluding diaryl/α,β-unsaturated/α-hetero) is 1. The quantitative estimate of drug-likeness (QED) is 0.531. The first-order valence-corrected chi connectivity index (χ1v) is 9.06. The van der Waals surface area contributed by atoms with E-state index in [0.717, 1.165) is 40.1 Å². The summed E-state index contributed by atoms with van der Waals surface area (Å²) in [4.78, 5) is 22.8. The van der Waals surface area contributed by atoms with Crippen molar-refractivity contribution in [3.63, 3.8) is 0 Å². The minimum absolute atomic E-state index is 0.0817. The molecule has 138 valence electrons. The third-order valence-electron chi connectivity index (χ3n) is 4.97. The normalized spacial score (nSPS) is 13.0. The molecule has 28 heavy (non-hydrogen) atoms. The molecule has 4 aromatic rings. The Labute approximate surface area is 161 Å². The van der Waals surface area contributed by atoms with E-state index in [1.165, 1.54) is 5.56 Å². The number of hydrogen-bond acceptors (Lipinski definition) is 6. The number of benzene rings is 2. The average Bonchev–Trinajstić information content (AvgIpc) is 3.33. The van der Waals surface area contributed by atoms with Crippen molar-refractivity contribution in [2.75, 3.05) is 10.2 Å². The number of carbonyl (C=O) groups excluding carboxylic acids is 1. The van der Waals surface area contributed by atoms with Crippen molar-refractivity contribution in [2.24, 2.45) is 0 Å². The highest BCUT2D eigenvalue weighted by Gasteiger charge is 2.22. The predicted molar refractivity (Wildman–Crippen MR) is 108 cm³/mol. The minimum atomic E-state index is 0.0817. The summed E-state index contributed by atoms with van der Waals surface area (Å²) in [7, 11) is 0. The number of rotatable bonds is 4. The zero-order chi connectivity index (χ0) is 19.1. The first-order chi connectivity index (χ1) is 13.7. The van der Waals surface area contributed by atoms with Gasteiger partial charge in [-0.2, -0.15) is 10.1 Å². The molecule has 0 fully saturated rings. The van der Waals surface area contributed by atoms with Gasteiger partial charge in [-0.3, -0.25) is 9.89 Å². The smallest absolute Gasteiger partial charge is 0.227 e. The molecule has 7 nitrogen and oxygen atoms in total. The molecule has 2 aromatic heterocycles. The fraction of sp³-hybridized carbons (Fsp3) is 0.143. The van der Waals surface area contributed by atoms with Crippen LogP contribution >= 0.6 is 0 Å². The summed E-state index contributed by atoms with van der Waals surface area (Å²) in [5.41, 5.74) is 5.03. The second-order valence-corrected chi connectivity index (χ2v) is 6.93. The van der Waals surface area contributed by atoms with Crippen LogP contribution in [0.3, 0.4) is 0 Å². The fourth-order valence-corrected chi connectivity index (χ4v) is 3.49. The van der Waals surface area contributed by atoms with Crippen molar-refractivity contribution in [3.05, 3.63) is 71.5 Å². The lowest BCUT2D eigenvalue weighted by molar-refractivity contribution is 0.101. The zero-order valence-corrected chi connectivity index (χ0v) is 15.3. The molecule has 3 heterocycles. The largest absolute Gasteiger partial charge is 0.340 e. The van der Waals surface area contributed by atoms with Crippen LogP contribution in [-0.4, -0.2) is 25.9 Å². The van der Waals surface area contributed by atoms with Gasteiger partial charge < -0.3 is 10.2 Å². The van der Waals surface area contributed by atoms with Crippen LogP contribution in [0, 0.1) is 0 Å². The Morgan fingerprint density at radius 2 is 2.00 bits per heavy atom. The summed E-state index contributed by atoms with van der Waals surface area (Å²) < 4.78 is 0. The fourth-order valence-electron chi connectivity index (χ4n) is 3.49. The molecule has 1 aliphatic heterocycles. The van der Waals surface area contributed by atoms with Crippen molar-refractivity contribution in [1.29, 1.82) is 0 Å². The van der Waals surface area contributed by atoms with Gasteiger partial charge in [0, 0.05) is 35.9 Å². The Bertz CT molecular complexity index is 1200. The van der Waals surface area contributed by atoms with Gasteiger partial charge in [0.15, 0.2) is 5.78 Å². The van der Waals surface area contributed by atoms with Crippen LogP contribution in [0.5, 0.6) is 0 Å². The van der Waals surface area contributed by atoms with Crippen LogP contribution in [0.4, 0.5) is 17.5 Å². The standard InChI is InChI=1S/C21H18N6O/c1-13(28)14-2-3-15-11-27(12-17(15)8-14)21-22-7-6-20(25-21)24-18-4-5-19-16(9-18)10-23-26-19/h2-10H,11-12H2,1H3,(H,23,26)(H,22,24,25). The van der Waals surface area contributed by atoms with E-state index >= 15 is 0 Å². The molecular formula is C21H18N6O. The lowest BCUT2D eigenvalue weighted by atomic mass is 10.0. The molecule has 0 aliphatic carbocycles. The molecule has 0 amide bonds. The van der Waals surface area contributed by atoms with E-state index in [1.807, 2.05) is 42.5 Å². The highest BCUT2D eigenvalue weighted by atomic mass is 16.1. The van der Waals surface area contributed by atoms with Crippen LogP contribution < -0.4 is 10.2 Å². The Morgan fingerprint density at radius 3 is 2.89 bits per heavy atom. The first-order valence-electron chi connectivity index (χ1n) is 9.06. The third-order valence-corrected chi connectivity index (χ3v) is 4.97. The maximum atomic E-state index is 11.6. The van der Waals surface area contributed by atoms with Crippen molar-refractivity contribution in [2.45, 2.75) is 20.0 Å². The highest BCUT2D eigenvalue weighted by Crippen LogP contribution is 2.28. The van der Waals surface area contributed by atoms with E-state index < -0.39 is 0 Å². The van der Waals surface area contributed by atoms with Crippen LogP contribution in [0.1, 0.15) is 28.4 Å². The monoisotopic (exact) mass is 370 g/mol. The van der Waals surface area contributed by atoms with Gasteiger partial charge in [0.25, 0.3) is 0 Å². The predicted octanol–water partition coefficient (Wildman–Crippen LogP) is 3.82. The molecule has 7 heteroatoms. The lowest BCUT2D eigenvalue weighted by Crippen LogP contribution is -2.17. The van der Waals surface area contributed by atoms with Crippen molar-refractivity contribution in [3.8, 4) is 0 Å². The van der Waals surface area contributed by atoms with Gasteiger partial charge in [-0.1, -0.05) is 12.1 Å².